The van der Waals surface area contributed by atoms with E-state index in [4.69, 9.17) is 0 Å². The molecule has 3 rings (SSSR count). The number of aliphatic hydroxyl groups excluding tert-OH is 1. The lowest BCUT2D eigenvalue weighted by atomic mass is 9.96. The first-order chi connectivity index (χ1) is 13.3. The molecule has 3 N–H and O–H groups in total. The van der Waals surface area contributed by atoms with Crippen LogP contribution in [0.15, 0.2) is 17.8 Å². The smallest absolute Gasteiger partial charge is 0.389 e. The molecule has 1 fully saturated rings. The molecule has 0 amide bonds. The first kappa shape index (κ1) is 20.6. The molecule has 154 valence electrons. The summed E-state index contributed by atoms with van der Waals surface area (Å²) in [6.07, 6.45) is 4.96. The molecule has 0 aromatic carbocycles. The predicted octanol–water partition coefficient (Wildman–Crippen LogP) is 4.42. The Balaban J connectivity index is 1.91. The van der Waals surface area contributed by atoms with Gasteiger partial charge in [0.25, 0.3) is 0 Å². The summed E-state index contributed by atoms with van der Waals surface area (Å²) in [5.41, 5.74) is -0.198. The van der Waals surface area contributed by atoms with Gasteiger partial charge in [0.2, 0.25) is 11.9 Å². The summed E-state index contributed by atoms with van der Waals surface area (Å²) in [6.45, 7) is 1.30. The molecule has 1 saturated carbocycles. The van der Waals surface area contributed by atoms with E-state index in [1.165, 1.54) is 13.3 Å². The number of hydrogen-bond donors (Lipinski definition) is 3. The number of allylic oxidation sites excluding steroid dienone is 3. The Morgan fingerprint density at radius 1 is 1.07 bits per heavy atom. The third kappa shape index (κ3) is 5.43. The number of aromatic nitrogens is 3. The number of nitrogens with zero attached hydrogens (tertiary/aromatic N) is 3. The quantitative estimate of drug-likeness (QED) is 0.682. The van der Waals surface area contributed by atoms with Gasteiger partial charge < -0.3 is 15.7 Å². The molecule has 28 heavy (non-hydrogen) atoms. The van der Waals surface area contributed by atoms with Crippen LogP contribution in [0.1, 0.15) is 64.1 Å². The predicted molar refractivity (Wildman–Crippen MR) is 102 cm³/mol. The average Bonchev–Trinajstić information content (AvgIpc) is 2.66. The number of hydrogen-bond acceptors (Lipinski definition) is 6. The summed E-state index contributed by atoms with van der Waals surface area (Å²) in [7, 11) is 0. The summed E-state index contributed by atoms with van der Waals surface area (Å²) in [4.78, 5) is 12.8. The maximum absolute atomic E-state index is 13.1. The van der Waals surface area contributed by atoms with Crippen molar-refractivity contribution in [2.75, 3.05) is 10.6 Å². The first-order valence-electron chi connectivity index (χ1n) is 9.77. The van der Waals surface area contributed by atoms with Crippen molar-refractivity contribution >= 4 is 17.5 Å². The van der Waals surface area contributed by atoms with E-state index in [1.54, 1.807) is 6.08 Å². The van der Waals surface area contributed by atoms with Crippen LogP contribution in [-0.4, -0.2) is 38.4 Å². The van der Waals surface area contributed by atoms with Crippen LogP contribution in [-0.2, 0) is 0 Å². The fourth-order valence-electron chi connectivity index (χ4n) is 3.58. The van der Waals surface area contributed by atoms with Gasteiger partial charge in [-0.3, -0.25) is 0 Å². The van der Waals surface area contributed by atoms with Crippen molar-refractivity contribution in [2.45, 2.75) is 76.6 Å². The monoisotopic (exact) mass is 397 g/mol. The largest absolute Gasteiger partial charge is 0.431 e. The number of aliphatic hydroxyl groups is 1. The Morgan fingerprint density at radius 2 is 1.79 bits per heavy atom. The van der Waals surface area contributed by atoms with Crippen LogP contribution < -0.4 is 10.6 Å². The van der Waals surface area contributed by atoms with E-state index in [-0.39, 0.29) is 17.9 Å². The Kier molecular flexibility index (Phi) is 6.53. The van der Waals surface area contributed by atoms with Crippen molar-refractivity contribution in [1.29, 1.82) is 0 Å². The van der Waals surface area contributed by atoms with Gasteiger partial charge in [0.15, 0.2) is 5.82 Å². The molecular formula is C19H26F3N5O. The molecule has 1 heterocycles. The van der Waals surface area contributed by atoms with E-state index in [0.717, 1.165) is 43.8 Å². The van der Waals surface area contributed by atoms with Gasteiger partial charge in [-0.1, -0.05) is 25.3 Å². The van der Waals surface area contributed by atoms with E-state index in [1.807, 2.05) is 0 Å². The van der Waals surface area contributed by atoms with Gasteiger partial charge in [0.05, 0.1) is 6.10 Å². The van der Waals surface area contributed by atoms with Crippen LogP contribution in [0.2, 0.25) is 0 Å². The second kappa shape index (κ2) is 8.89. The van der Waals surface area contributed by atoms with Crippen LogP contribution in [0, 0.1) is 0 Å². The lowest BCUT2D eigenvalue weighted by Gasteiger charge is -2.23. The summed E-state index contributed by atoms with van der Waals surface area (Å²) >= 11 is 0. The van der Waals surface area contributed by atoms with Crippen molar-refractivity contribution < 1.29 is 18.3 Å². The van der Waals surface area contributed by atoms with Gasteiger partial charge in [-0.25, -0.2) is 0 Å². The van der Waals surface area contributed by atoms with Gasteiger partial charge in [0.1, 0.15) is 5.70 Å². The SMILES string of the molecule is CC=C(Nc1nc(NC2CCCCC2)nc(C2=CC(O)CCC2)n1)C(F)(F)F. The lowest BCUT2D eigenvalue weighted by Crippen LogP contribution is -2.25. The Hall–Kier alpha value is -2.16. The van der Waals surface area contributed by atoms with E-state index in [9.17, 15) is 18.3 Å². The first-order valence-corrected chi connectivity index (χ1v) is 9.77. The molecule has 2 aliphatic carbocycles. The van der Waals surface area contributed by atoms with Crippen molar-refractivity contribution in [3.63, 3.8) is 0 Å². The molecule has 9 heteroatoms. The molecule has 0 saturated heterocycles. The third-order valence-corrected chi connectivity index (χ3v) is 5.04. The van der Waals surface area contributed by atoms with Crippen molar-refractivity contribution in [3.8, 4) is 0 Å². The molecular weight excluding hydrogens is 371 g/mol. The van der Waals surface area contributed by atoms with Crippen LogP contribution >= 0.6 is 0 Å². The average molecular weight is 397 g/mol. The molecule has 0 spiro atoms. The van der Waals surface area contributed by atoms with Crippen LogP contribution in [0.4, 0.5) is 25.1 Å². The molecule has 0 aliphatic heterocycles. The van der Waals surface area contributed by atoms with Gasteiger partial charge >= 0.3 is 6.18 Å². The second-order valence-electron chi connectivity index (χ2n) is 7.26. The van der Waals surface area contributed by atoms with Crippen molar-refractivity contribution in [3.05, 3.63) is 23.7 Å². The highest BCUT2D eigenvalue weighted by molar-refractivity contribution is 5.63. The Morgan fingerprint density at radius 3 is 2.43 bits per heavy atom. The molecule has 6 nitrogen and oxygen atoms in total. The van der Waals surface area contributed by atoms with E-state index >= 15 is 0 Å². The minimum atomic E-state index is -4.53. The highest BCUT2D eigenvalue weighted by atomic mass is 19.4. The third-order valence-electron chi connectivity index (χ3n) is 5.04. The fourth-order valence-corrected chi connectivity index (χ4v) is 3.58. The van der Waals surface area contributed by atoms with Crippen LogP contribution in [0.5, 0.6) is 0 Å². The molecule has 1 unspecified atom stereocenters. The topological polar surface area (TPSA) is 83.0 Å². The van der Waals surface area contributed by atoms with E-state index in [0.29, 0.717) is 18.7 Å². The Labute approximate surface area is 162 Å². The normalized spacial score (nSPS) is 22.0. The summed E-state index contributed by atoms with van der Waals surface area (Å²) < 4.78 is 39.4. The molecule has 2 aliphatic rings. The standard InChI is InChI=1S/C19H26F3N5O/c1-2-15(19(20,21)22)24-18-26-16(12-7-6-10-14(28)11-12)25-17(27-18)23-13-8-4-3-5-9-13/h2,11,13-14,28H,3-10H2,1H3,(H2,23,24,25,26,27). The van der Waals surface area contributed by atoms with E-state index < -0.39 is 18.0 Å². The molecule has 1 aromatic heterocycles. The zero-order valence-corrected chi connectivity index (χ0v) is 15.9. The number of nitrogens with one attached hydrogen (secondary N) is 2. The number of rotatable bonds is 5. The molecule has 1 aromatic rings. The summed E-state index contributed by atoms with van der Waals surface area (Å²) in [5, 5.41) is 15.4. The summed E-state index contributed by atoms with van der Waals surface area (Å²) in [5.74, 6) is 0.403. The van der Waals surface area contributed by atoms with Gasteiger partial charge in [-0.05, 0) is 50.7 Å². The highest BCUT2D eigenvalue weighted by Crippen LogP contribution is 2.29. The van der Waals surface area contributed by atoms with Crippen molar-refractivity contribution in [1.82, 2.24) is 15.0 Å². The maximum Gasteiger partial charge on any atom is 0.431 e. The number of alkyl halides is 3. The van der Waals surface area contributed by atoms with E-state index in [2.05, 4.69) is 25.6 Å². The van der Waals surface area contributed by atoms with Gasteiger partial charge in [0, 0.05) is 6.04 Å². The van der Waals surface area contributed by atoms with Crippen molar-refractivity contribution in [2.24, 2.45) is 0 Å². The zero-order valence-electron chi connectivity index (χ0n) is 15.9. The highest BCUT2D eigenvalue weighted by Gasteiger charge is 2.34. The molecule has 1 atom stereocenters. The molecule has 0 bridgehead atoms. The number of halogens is 3. The lowest BCUT2D eigenvalue weighted by molar-refractivity contribution is -0.0904. The fraction of sp³-hybridized carbons (Fsp3) is 0.632. The van der Waals surface area contributed by atoms with Crippen LogP contribution in [0.3, 0.4) is 0 Å². The second-order valence-corrected chi connectivity index (χ2v) is 7.26. The number of anilines is 2. The molecule has 0 radical (unpaired) electrons. The zero-order chi connectivity index (χ0) is 20.1. The maximum atomic E-state index is 13.1. The summed E-state index contributed by atoms with van der Waals surface area (Å²) in [6, 6.07) is 0.201. The van der Waals surface area contributed by atoms with Gasteiger partial charge in [-0.2, -0.15) is 28.1 Å². The Bertz CT molecular complexity index is 742. The van der Waals surface area contributed by atoms with Crippen LogP contribution in [0.25, 0.3) is 5.57 Å². The minimum Gasteiger partial charge on any atom is -0.389 e. The minimum absolute atomic E-state index is 0.158. The van der Waals surface area contributed by atoms with Gasteiger partial charge in [-0.15, -0.1) is 0 Å².